The standard InChI is InChI=1S/C58H74N4O12/c1-39(2)41-19-17-21-45(37-41)53(5,6)59-49(63)71-35-33-69-47-27-23-43(24-28-47)57(67)55(9,10)73-51(65)61(57)31-15-13-14-16-32-62-52(66)74-56(11,12)58(62,68)44-25-29-48(30-26-44)70-34-36-72-50(64)60-54(7,8)46-22-18-20-42(38-46)40(3)4/h17-30,37-38,67-68H,1,3,13-16,31-36H2,2,4-12H3,(H,59,63)(H,60,64). The van der Waals surface area contributed by atoms with Crippen LogP contribution in [0.5, 0.6) is 11.5 Å². The fourth-order valence-corrected chi connectivity index (χ4v) is 9.24. The molecule has 0 aromatic heterocycles. The summed E-state index contributed by atoms with van der Waals surface area (Å²) in [5.41, 5.74) is -1.09. The van der Waals surface area contributed by atoms with Gasteiger partial charge in [0.25, 0.3) is 0 Å². The van der Waals surface area contributed by atoms with E-state index < -0.39 is 58.1 Å². The van der Waals surface area contributed by atoms with E-state index in [9.17, 15) is 29.4 Å². The summed E-state index contributed by atoms with van der Waals surface area (Å²) in [5, 5.41) is 30.3. The zero-order chi connectivity index (χ0) is 54.3. The van der Waals surface area contributed by atoms with Crippen LogP contribution in [0.4, 0.5) is 19.2 Å². The van der Waals surface area contributed by atoms with Gasteiger partial charge >= 0.3 is 24.4 Å². The molecule has 2 aliphatic rings. The van der Waals surface area contributed by atoms with Crippen molar-refractivity contribution < 1.29 is 57.8 Å². The molecular formula is C58H74N4O12. The maximum Gasteiger partial charge on any atom is 0.413 e. The first kappa shape index (κ1) is 56.3. The van der Waals surface area contributed by atoms with Crippen LogP contribution in [0.15, 0.2) is 110 Å². The third-order valence-electron chi connectivity index (χ3n) is 13.8. The van der Waals surface area contributed by atoms with Crippen molar-refractivity contribution in [2.45, 2.75) is 129 Å². The molecule has 2 aliphatic heterocycles. The Morgan fingerprint density at radius 1 is 0.568 bits per heavy atom. The summed E-state index contributed by atoms with van der Waals surface area (Å²) in [7, 11) is 0. The lowest BCUT2D eigenvalue weighted by Crippen LogP contribution is -2.53. The van der Waals surface area contributed by atoms with Crippen LogP contribution in [0.2, 0.25) is 0 Å². The van der Waals surface area contributed by atoms with Crippen LogP contribution >= 0.6 is 0 Å². The molecular weight excluding hydrogens is 945 g/mol. The minimum Gasteiger partial charge on any atom is -0.490 e. The molecule has 4 N–H and O–H groups in total. The van der Waals surface area contributed by atoms with Crippen LogP contribution in [0.1, 0.15) is 128 Å². The van der Waals surface area contributed by atoms with E-state index >= 15 is 0 Å². The molecule has 4 aromatic carbocycles. The predicted octanol–water partition coefficient (Wildman–Crippen LogP) is 10.8. The number of alkyl carbamates (subject to hydrolysis) is 2. The van der Waals surface area contributed by atoms with Crippen LogP contribution in [0.3, 0.4) is 0 Å². The lowest BCUT2D eigenvalue weighted by molar-refractivity contribution is -0.150. The third kappa shape index (κ3) is 12.5. The van der Waals surface area contributed by atoms with E-state index in [1.54, 1.807) is 76.2 Å². The van der Waals surface area contributed by atoms with E-state index in [4.69, 9.17) is 28.4 Å². The molecule has 2 unspecified atom stereocenters. The maximum absolute atomic E-state index is 13.3. The summed E-state index contributed by atoms with van der Waals surface area (Å²) >= 11 is 0. The highest BCUT2D eigenvalue weighted by atomic mass is 16.6. The van der Waals surface area contributed by atoms with E-state index in [2.05, 4.69) is 23.8 Å². The number of amides is 4. The average Bonchev–Trinajstić information content (AvgIpc) is 3.64. The van der Waals surface area contributed by atoms with Crippen molar-refractivity contribution in [1.29, 1.82) is 0 Å². The third-order valence-corrected chi connectivity index (χ3v) is 13.8. The summed E-state index contributed by atoms with van der Waals surface area (Å²) in [6, 6.07) is 29.0. The molecule has 2 saturated heterocycles. The van der Waals surface area contributed by atoms with Crippen LogP contribution in [-0.4, -0.2) is 95.1 Å². The van der Waals surface area contributed by atoms with Gasteiger partial charge in [-0.05, 0) is 141 Å². The van der Waals surface area contributed by atoms with Gasteiger partial charge in [-0.25, -0.2) is 19.2 Å². The number of aliphatic hydroxyl groups is 2. The molecule has 398 valence electrons. The number of nitrogens with zero attached hydrogens (tertiary/aromatic N) is 2. The molecule has 2 heterocycles. The smallest absolute Gasteiger partial charge is 0.413 e. The van der Waals surface area contributed by atoms with Crippen molar-refractivity contribution >= 4 is 35.5 Å². The second kappa shape index (κ2) is 22.6. The van der Waals surface area contributed by atoms with Crippen molar-refractivity contribution in [3.05, 3.63) is 144 Å². The monoisotopic (exact) mass is 1020 g/mol. The van der Waals surface area contributed by atoms with E-state index in [1.807, 2.05) is 90.1 Å². The summed E-state index contributed by atoms with van der Waals surface area (Å²) < 4.78 is 33.9. The Hall–Kier alpha value is -7.04. The Morgan fingerprint density at radius 3 is 1.26 bits per heavy atom. The number of unbranched alkanes of at least 4 members (excludes halogenated alkanes) is 3. The van der Waals surface area contributed by atoms with Gasteiger partial charge in [-0.1, -0.05) is 97.8 Å². The minimum atomic E-state index is -1.80. The van der Waals surface area contributed by atoms with Crippen LogP contribution in [-0.2, 0) is 41.5 Å². The normalized spacial score (nSPS) is 19.0. The zero-order valence-corrected chi connectivity index (χ0v) is 44.6. The number of hydrogen-bond acceptors (Lipinski definition) is 12. The molecule has 0 saturated carbocycles. The van der Waals surface area contributed by atoms with Gasteiger partial charge in [-0.15, -0.1) is 0 Å². The predicted molar refractivity (Wildman–Crippen MR) is 282 cm³/mol. The van der Waals surface area contributed by atoms with Gasteiger partial charge in [-0.2, -0.15) is 0 Å². The summed E-state index contributed by atoms with van der Waals surface area (Å²) in [6.07, 6.45) is -0.183. The number of cyclic esters (lactones) is 2. The fourth-order valence-electron chi connectivity index (χ4n) is 9.24. The molecule has 0 aliphatic carbocycles. The molecule has 4 amide bonds. The van der Waals surface area contributed by atoms with Crippen LogP contribution in [0.25, 0.3) is 11.1 Å². The molecule has 4 aromatic rings. The molecule has 0 spiro atoms. The zero-order valence-electron chi connectivity index (χ0n) is 44.6. The van der Waals surface area contributed by atoms with E-state index in [0.717, 1.165) is 33.4 Å². The quantitative estimate of drug-likeness (QED) is 0.0406. The number of carbonyl (C=O) groups is 4. The molecule has 6 rings (SSSR count). The highest BCUT2D eigenvalue weighted by molar-refractivity contribution is 5.74. The number of allylic oxidation sites excluding steroid dienone is 2. The second-order valence-corrected chi connectivity index (χ2v) is 21.1. The first-order chi connectivity index (χ1) is 34.7. The summed E-state index contributed by atoms with van der Waals surface area (Å²) in [5.74, 6) is 0.942. The molecule has 2 fully saturated rings. The molecule has 74 heavy (non-hydrogen) atoms. The number of rotatable bonds is 23. The Morgan fingerprint density at radius 2 is 0.919 bits per heavy atom. The number of carbonyl (C=O) groups excluding carboxylic acids is 4. The largest absolute Gasteiger partial charge is 0.490 e. The Labute approximate surface area is 435 Å². The number of ether oxygens (including phenoxy) is 6. The van der Waals surface area contributed by atoms with Crippen molar-refractivity contribution in [2.75, 3.05) is 39.5 Å². The Kier molecular flexibility index (Phi) is 17.2. The first-order valence-corrected chi connectivity index (χ1v) is 25.1. The molecule has 0 bridgehead atoms. The van der Waals surface area contributed by atoms with Gasteiger partial charge in [0.1, 0.15) is 37.9 Å². The fraction of sp³-hybridized carbons (Fsp3) is 0.448. The van der Waals surface area contributed by atoms with Crippen LogP contribution in [0, 0.1) is 0 Å². The molecule has 16 nitrogen and oxygen atoms in total. The lowest BCUT2D eigenvalue weighted by Gasteiger charge is -2.39. The number of hydrogen-bond donors (Lipinski definition) is 4. The van der Waals surface area contributed by atoms with Gasteiger partial charge in [0.05, 0.1) is 11.1 Å². The first-order valence-electron chi connectivity index (χ1n) is 25.1. The Bertz CT molecular complexity index is 2500. The Balaban J connectivity index is 0.947. The summed E-state index contributed by atoms with van der Waals surface area (Å²) in [4.78, 5) is 54.5. The van der Waals surface area contributed by atoms with Crippen molar-refractivity contribution in [1.82, 2.24) is 20.4 Å². The van der Waals surface area contributed by atoms with Gasteiger partial charge in [0.15, 0.2) is 11.2 Å². The van der Waals surface area contributed by atoms with Gasteiger partial charge < -0.3 is 49.3 Å². The van der Waals surface area contributed by atoms with Crippen molar-refractivity contribution in [3.8, 4) is 11.5 Å². The number of benzene rings is 4. The average molecular weight is 1020 g/mol. The highest BCUT2D eigenvalue weighted by Gasteiger charge is 2.61. The van der Waals surface area contributed by atoms with Crippen molar-refractivity contribution in [3.63, 3.8) is 0 Å². The van der Waals surface area contributed by atoms with Crippen molar-refractivity contribution in [2.24, 2.45) is 0 Å². The van der Waals surface area contributed by atoms with Crippen LogP contribution < -0.4 is 20.1 Å². The van der Waals surface area contributed by atoms with E-state index in [-0.39, 0.29) is 39.5 Å². The SMILES string of the molecule is C=C(C)c1cccc(C(C)(C)NC(=O)OCCOc2ccc(C3(O)N(CCCCCCN4C(=O)OC(C)(C)C4(O)c4ccc(OCCOC(=O)NC(C)(C)c5cccc(C(=C)C)c5)cc4)C(=O)OC3(C)C)cc2)c1. The number of nitrogens with one attached hydrogen (secondary N) is 2. The molecule has 2 atom stereocenters. The second-order valence-electron chi connectivity index (χ2n) is 21.1. The lowest BCUT2D eigenvalue weighted by atomic mass is 9.86. The van der Waals surface area contributed by atoms with Gasteiger partial charge in [0.2, 0.25) is 11.4 Å². The highest BCUT2D eigenvalue weighted by Crippen LogP contribution is 2.47. The van der Waals surface area contributed by atoms with E-state index in [1.165, 1.54) is 9.80 Å². The molecule has 16 heteroatoms. The van der Waals surface area contributed by atoms with Gasteiger partial charge in [-0.3, -0.25) is 9.80 Å². The van der Waals surface area contributed by atoms with Gasteiger partial charge in [0, 0.05) is 24.2 Å². The molecule has 0 radical (unpaired) electrons. The minimum absolute atomic E-state index is 0.0106. The topological polar surface area (TPSA) is 195 Å². The maximum atomic E-state index is 13.3. The summed E-state index contributed by atoms with van der Waals surface area (Å²) in [6.45, 7) is 26.5. The van der Waals surface area contributed by atoms with E-state index in [0.29, 0.717) is 48.3 Å².